The maximum atomic E-state index is 3.57. The van der Waals surface area contributed by atoms with E-state index < -0.39 is 0 Å². The minimum absolute atomic E-state index is 0.477. The largest absolute Gasteiger partial charge is 0.313 e. The molecule has 1 fully saturated rings. The summed E-state index contributed by atoms with van der Waals surface area (Å²) in [5.41, 5.74) is 1.38. The molecule has 0 unspecified atom stereocenters. The van der Waals surface area contributed by atoms with E-state index in [2.05, 4.69) is 47.9 Å². The Labute approximate surface area is 79.4 Å². The van der Waals surface area contributed by atoms with Crippen molar-refractivity contribution < 1.29 is 0 Å². The van der Waals surface area contributed by atoms with E-state index in [1.165, 1.54) is 5.56 Å². The SMILES string of the molecule is C[C@@H]1CNC[C@H](c2ccccc2)N1. The minimum atomic E-state index is 0.477. The molecule has 1 aromatic carbocycles. The molecule has 0 radical (unpaired) electrons. The van der Waals surface area contributed by atoms with Crippen LogP contribution >= 0.6 is 0 Å². The van der Waals surface area contributed by atoms with E-state index in [1.54, 1.807) is 0 Å². The van der Waals surface area contributed by atoms with Crippen molar-refractivity contribution in [3.63, 3.8) is 0 Å². The number of benzene rings is 1. The highest BCUT2D eigenvalue weighted by Gasteiger charge is 2.17. The molecule has 2 rings (SSSR count). The Hall–Kier alpha value is -0.860. The van der Waals surface area contributed by atoms with Crippen LogP contribution in [0.2, 0.25) is 0 Å². The van der Waals surface area contributed by atoms with Gasteiger partial charge in [0.25, 0.3) is 0 Å². The summed E-state index contributed by atoms with van der Waals surface area (Å²) in [6.45, 7) is 4.32. The quantitative estimate of drug-likeness (QED) is 0.674. The maximum Gasteiger partial charge on any atom is 0.0449 e. The van der Waals surface area contributed by atoms with Crippen molar-refractivity contribution in [1.29, 1.82) is 0 Å². The Balaban J connectivity index is 2.08. The molecular formula is C11H16N2. The number of hydrogen-bond donors (Lipinski definition) is 2. The number of hydrogen-bond acceptors (Lipinski definition) is 2. The van der Waals surface area contributed by atoms with Gasteiger partial charge in [0.1, 0.15) is 0 Å². The molecule has 2 nitrogen and oxygen atoms in total. The molecule has 1 aliphatic rings. The molecule has 0 aliphatic carbocycles. The molecule has 13 heavy (non-hydrogen) atoms. The fourth-order valence-electron chi connectivity index (χ4n) is 1.80. The predicted molar refractivity (Wildman–Crippen MR) is 54.7 cm³/mol. The van der Waals surface area contributed by atoms with E-state index in [4.69, 9.17) is 0 Å². The lowest BCUT2D eigenvalue weighted by Gasteiger charge is -2.29. The average Bonchev–Trinajstić information content (AvgIpc) is 2.19. The van der Waals surface area contributed by atoms with E-state index in [0.29, 0.717) is 12.1 Å². The van der Waals surface area contributed by atoms with E-state index in [0.717, 1.165) is 13.1 Å². The summed E-state index contributed by atoms with van der Waals surface area (Å²) in [7, 11) is 0. The summed E-state index contributed by atoms with van der Waals surface area (Å²) in [6, 6.07) is 11.6. The van der Waals surface area contributed by atoms with Crippen LogP contribution in [0, 0.1) is 0 Å². The zero-order valence-corrected chi connectivity index (χ0v) is 7.96. The van der Waals surface area contributed by atoms with Crippen LogP contribution in [0.15, 0.2) is 30.3 Å². The zero-order valence-electron chi connectivity index (χ0n) is 7.96. The van der Waals surface area contributed by atoms with Gasteiger partial charge in [-0.1, -0.05) is 30.3 Å². The zero-order chi connectivity index (χ0) is 9.10. The number of piperazine rings is 1. The first-order valence-corrected chi connectivity index (χ1v) is 4.88. The summed E-state index contributed by atoms with van der Waals surface area (Å²) in [4.78, 5) is 0. The highest BCUT2D eigenvalue weighted by atomic mass is 15.1. The van der Waals surface area contributed by atoms with Gasteiger partial charge in [0, 0.05) is 25.2 Å². The Bertz CT molecular complexity index is 258. The highest BCUT2D eigenvalue weighted by molar-refractivity contribution is 5.19. The Kier molecular flexibility index (Phi) is 2.62. The van der Waals surface area contributed by atoms with Gasteiger partial charge in [-0.3, -0.25) is 0 Å². The van der Waals surface area contributed by atoms with Crippen molar-refractivity contribution in [2.75, 3.05) is 13.1 Å². The second-order valence-electron chi connectivity index (χ2n) is 3.69. The molecule has 0 amide bonds. The highest BCUT2D eigenvalue weighted by Crippen LogP contribution is 2.14. The van der Waals surface area contributed by atoms with Gasteiger partial charge in [0.15, 0.2) is 0 Å². The second kappa shape index (κ2) is 3.90. The Morgan fingerprint density at radius 2 is 1.92 bits per heavy atom. The van der Waals surface area contributed by atoms with Gasteiger partial charge >= 0.3 is 0 Å². The summed E-state index contributed by atoms with van der Waals surface area (Å²) >= 11 is 0. The third kappa shape index (κ3) is 2.08. The standard InChI is InChI=1S/C11H16N2/c1-9-7-12-8-11(13-9)10-5-3-2-4-6-10/h2-6,9,11-13H,7-8H2,1H3/t9-,11-/m1/s1. The van der Waals surface area contributed by atoms with Crippen LogP contribution in [-0.4, -0.2) is 19.1 Å². The third-order valence-corrected chi connectivity index (χ3v) is 2.49. The van der Waals surface area contributed by atoms with Crippen molar-refractivity contribution in [3.8, 4) is 0 Å². The van der Waals surface area contributed by atoms with Gasteiger partial charge in [-0.25, -0.2) is 0 Å². The normalized spacial score (nSPS) is 28.7. The molecule has 2 N–H and O–H groups in total. The van der Waals surface area contributed by atoms with Crippen LogP contribution in [0.1, 0.15) is 18.5 Å². The molecule has 1 heterocycles. The van der Waals surface area contributed by atoms with Crippen LogP contribution in [0.5, 0.6) is 0 Å². The lowest BCUT2D eigenvalue weighted by Crippen LogP contribution is -2.48. The topological polar surface area (TPSA) is 24.1 Å². The van der Waals surface area contributed by atoms with Gasteiger partial charge < -0.3 is 10.6 Å². The summed E-state index contributed by atoms with van der Waals surface area (Å²) < 4.78 is 0. The maximum absolute atomic E-state index is 3.57. The van der Waals surface area contributed by atoms with Crippen LogP contribution in [0.3, 0.4) is 0 Å². The summed E-state index contributed by atoms with van der Waals surface area (Å²) in [5.74, 6) is 0. The summed E-state index contributed by atoms with van der Waals surface area (Å²) in [6.07, 6.45) is 0. The molecule has 2 heteroatoms. The van der Waals surface area contributed by atoms with E-state index in [1.807, 2.05) is 0 Å². The molecule has 0 saturated carbocycles. The molecule has 0 spiro atoms. The van der Waals surface area contributed by atoms with Crippen molar-refractivity contribution in [2.24, 2.45) is 0 Å². The molecule has 1 saturated heterocycles. The van der Waals surface area contributed by atoms with E-state index >= 15 is 0 Å². The number of rotatable bonds is 1. The van der Waals surface area contributed by atoms with Crippen molar-refractivity contribution in [2.45, 2.75) is 19.0 Å². The predicted octanol–water partition coefficient (Wildman–Crippen LogP) is 1.31. The molecule has 70 valence electrons. The van der Waals surface area contributed by atoms with Gasteiger partial charge in [0.2, 0.25) is 0 Å². The fourth-order valence-corrected chi connectivity index (χ4v) is 1.80. The van der Waals surface area contributed by atoms with Crippen LogP contribution in [-0.2, 0) is 0 Å². The van der Waals surface area contributed by atoms with Gasteiger partial charge in [0.05, 0.1) is 0 Å². The van der Waals surface area contributed by atoms with Crippen LogP contribution in [0.4, 0.5) is 0 Å². The van der Waals surface area contributed by atoms with Crippen molar-refractivity contribution in [3.05, 3.63) is 35.9 Å². The molecule has 1 aromatic rings. The van der Waals surface area contributed by atoms with Crippen molar-refractivity contribution in [1.82, 2.24) is 10.6 Å². The minimum Gasteiger partial charge on any atom is -0.313 e. The molecular weight excluding hydrogens is 160 g/mol. The van der Waals surface area contributed by atoms with Crippen LogP contribution in [0.25, 0.3) is 0 Å². The Morgan fingerprint density at radius 3 is 2.62 bits per heavy atom. The van der Waals surface area contributed by atoms with Crippen molar-refractivity contribution >= 4 is 0 Å². The lowest BCUT2D eigenvalue weighted by molar-refractivity contribution is 0.360. The first kappa shape index (κ1) is 8.73. The second-order valence-corrected chi connectivity index (χ2v) is 3.69. The third-order valence-electron chi connectivity index (χ3n) is 2.49. The van der Waals surface area contributed by atoms with E-state index in [-0.39, 0.29) is 0 Å². The first-order chi connectivity index (χ1) is 6.36. The smallest absolute Gasteiger partial charge is 0.0449 e. The van der Waals surface area contributed by atoms with Crippen LogP contribution < -0.4 is 10.6 Å². The summed E-state index contributed by atoms with van der Waals surface area (Å²) in [5, 5.41) is 6.99. The lowest BCUT2D eigenvalue weighted by atomic mass is 10.0. The molecule has 0 bridgehead atoms. The van der Waals surface area contributed by atoms with Gasteiger partial charge in [-0.2, -0.15) is 0 Å². The Morgan fingerprint density at radius 1 is 1.15 bits per heavy atom. The first-order valence-electron chi connectivity index (χ1n) is 4.88. The molecule has 2 atom stereocenters. The fraction of sp³-hybridized carbons (Fsp3) is 0.455. The van der Waals surface area contributed by atoms with Gasteiger partial charge in [-0.05, 0) is 12.5 Å². The number of nitrogens with one attached hydrogen (secondary N) is 2. The molecule has 1 aliphatic heterocycles. The van der Waals surface area contributed by atoms with Gasteiger partial charge in [-0.15, -0.1) is 0 Å². The monoisotopic (exact) mass is 176 g/mol. The molecule has 0 aromatic heterocycles. The van der Waals surface area contributed by atoms with E-state index in [9.17, 15) is 0 Å². The average molecular weight is 176 g/mol.